The molecule has 0 spiro atoms. The lowest BCUT2D eigenvalue weighted by molar-refractivity contribution is 0.131. The summed E-state index contributed by atoms with van der Waals surface area (Å²) in [4.78, 5) is 14.2. The molecule has 6 heteroatoms. The first-order chi connectivity index (χ1) is 9.60. The van der Waals surface area contributed by atoms with Crippen molar-refractivity contribution in [1.82, 2.24) is 9.78 Å². The molecule has 1 aromatic rings. The number of alkyl halides is 1. The second kappa shape index (κ2) is 6.72. The van der Waals surface area contributed by atoms with E-state index in [1.54, 1.807) is 24.1 Å². The van der Waals surface area contributed by atoms with Gasteiger partial charge in [0.05, 0.1) is 25.0 Å². The number of ether oxygens (including phenoxy) is 1. The smallest absolute Gasteiger partial charge is 0.268 e. The molecule has 1 fully saturated rings. The zero-order valence-electron chi connectivity index (χ0n) is 12.1. The van der Waals surface area contributed by atoms with E-state index in [-0.39, 0.29) is 11.0 Å². The highest BCUT2D eigenvalue weighted by Gasteiger charge is 2.36. The van der Waals surface area contributed by atoms with Crippen LogP contribution in [0.3, 0.4) is 0 Å². The summed E-state index contributed by atoms with van der Waals surface area (Å²) >= 11 is 3.57. The van der Waals surface area contributed by atoms with Gasteiger partial charge in [-0.3, -0.25) is 4.79 Å². The van der Waals surface area contributed by atoms with Crippen molar-refractivity contribution in [2.45, 2.75) is 25.8 Å². The summed E-state index contributed by atoms with van der Waals surface area (Å²) in [6.07, 6.45) is 5.35. The number of hydrogen-bond acceptors (Lipinski definition) is 4. The van der Waals surface area contributed by atoms with Gasteiger partial charge in [0, 0.05) is 32.1 Å². The Morgan fingerprint density at radius 1 is 1.55 bits per heavy atom. The van der Waals surface area contributed by atoms with Gasteiger partial charge < -0.3 is 9.64 Å². The first-order valence-corrected chi connectivity index (χ1v) is 8.06. The van der Waals surface area contributed by atoms with Crippen LogP contribution in [0.1, 0.15) is 19.3 Å². The highest BCUT2D eigenvalue weighted by molar-refractivity contribution is 9.09. The van der Waals surface area contributed by atoms with E-state index in [0.29, 0.717) is 13.2 Å². The van der Waals surface area contributed by atoms with Gasteiger partial charge >= 0.3 is 0 Å². The Labute approximate surface area is 128 Å². The predicted octanol–water partition coefficient (Wildman–Crippen LogP) is 1.89. The molecule has 0 saturated heterocycles. The molecule has 0 bridgehead atoms. The third-order valence-electron chi connectivity index (χ3n) is 4.11. The molecule has 1 aliphatic carbocycles. The Kier molecular flexibility index (Phi) is 5.21. The summed E-state index contributed by atoms with van der Waals surface area (Å²) in [6, 6.07) is 1.66. The van der Waals surface area contributed by atoms with E-state index in [1.165, 1.54) is 19.3 Å². The molecule has 0 unspecified atom stereocenters. The molecule has 1 aromatic heterocycles. The van der Waals surface area contributed by atoms with Gasteiger partial charge in [-0.15, -0.1) is 0 Å². The maximum Gasteiger partial charge on any atom is 0.268 e. The lowest BCUT2D eigenvalue weighted by Crippen LogP contribution is -2.40. The fourth-order valence-electron chi connectivity index (χ4n) is 2.44. The van der Waals surface area contributed by atoms with Crippen LogP contribution in [0.5, 0.6) is 0 Å². The highest BCUT2D eigenvalue weighted by Crippen LogP contribution is 2.43. The molecule has 0 N–H and O–H groups in total. The van der Waals surface area contributed by atoms with E-state index in [1.807, 2.05) is 11.9 Å². The molecule has 0 aliphatic heterocycles. The lowest BCUT2D eigenvalue weighted by Gasteiger charge is -2.40. The molecule has 5 nitrogen and oxygen atoms in total. The van der Waals surface area contributed by atoms with Crippen molar-refractivity contribution < 1.29 is 4.74 Å². The number of aromatic nitrogens is 2. The minimum absolute atomic E-state index is 0.0287. The van der Waals surface area contributed by atoms with Crippen LogP contribution >= 0.6 is 15.9 Å². The number of anilines is 1. The first-order valence-electron chi connectivity index (χ1n) is 6.93. The van der Waals surface area contributed by atoms with Crippen molar-refractivity contribution in [3.63, 3.8) is 0 Å². The SMILES string of the molecule is COCCN(C)c1cnn(CC2(CBr)CCC2)c(=O)c1. The molecule has 0 aromatic carbocycles. The zero-order valence-corrected chi connectivity index (χ0v) is 13.7. The van der Waals surface area contributed by atoms with Crippen molar-refractivity contribution in [3.05, 3.63) is 22.6 Å². The third kappa shape index (κ3) is 3.41. The van der Waals surface area contributed by atoms with Gasteiger partial charge in [0.25, 0.3) is 5.56 Å². The van der Waals surface area contributed by atoms with Crippen molar-refractivity contribution in [2.75, 3.05) is 37.5 Å². The largest absolute Gasteiger partial charge is 0.383 e. The van der Waals surface area contributed by atoms with Gasteiger partial charge in [0.2, 0.25) is 0 Å². The summed E-state index contributed by atoms with van der Waals surface area (Å²) in [5, 5.41) is 5.26. The van der Waals surface area contributed by atoms with E-state index < -0.39 is 0 Å². The first kappa shape index (κ1) is 15.5. The van der Waals surface area contributed by atoms with Gasteiger partial charge in [-0.1, -0.05) is 22.4 Å². The fraction of sp³-hybridized carbons (Fsp3) is 0.714. The number of halogens is 1. The van der Waals surface area contributed by atoms with E-state index in [2.05, 4.69) is 21.0 Å². The molecular formula is C14H22BrN3O2. The van der Waals surface area contributed by atoms with Crippen molar-refractivity contribution in [1.29, 1.82) is 0 Å². The molecule has 2 rings (SSSR count). The summed E-state index contributed by atoms with van der Waals surface area (Å²) in [5.74, 6) is 0. The maximum atomic E-state index is 12.2. The quantitative estimate of drug-likeness (QED) is 0.709. The molecular weight excluding hydrogens is 322 g/mol. The lowest BCUT2D eigenvalue weighted by atomic mass is 9.70. The summed E-state index contributed by atoms with van der Waals surface area (Å²) < 4.78 is 6.63. The van der Waals surface area contributed by atoms with Crippen LogP contribution in [0.15, 0.2) is 17.1 Å². The standard InChI is InChI=1S/C14H22BrN3O2/c1-17(6-7-20-2)12-8-13(19)18(16-9-12)11-14(10-15)4-3-5-14/h8-9H,3-7,10-11H2,1-2H3. The van der Waals surface area contributed by atoms with Gasteiger partial charge in [-0.25, -0.2) is 4.68 Å². The predicted molar refractivity (Wildman–Crippen MR) is 83.7 cm³/mol. The fourth-order valence-corrected chi connectivity index (χ4v) is 3.18. The summed E-state index contributed by atoms with van der Waals surface area (Å²) in [6.45, 7) is 2.08. The van der Waals surface area contributed by atoms with E-state index in [9.17, 15) is 4.79 Å². The summed E-state index contributed by atoms with van der Waals surface area (Å²) in [7, 11) is 3.61. The monoisotopic (exact) mass is 343 g/mol. The van der Waals surface area contributed by atoms with Crippen LogP contribution in [0.4, 0.5) is 5.69 Å². The van der Waals surface area contributed by atoms with Crippen LogP contribution in [-0.4, -0.2) is 42.4 Å². The van der Waals surface area contributed by atoms with Gasteiger partial charge in [-0.05, 0) is 18.3 Å². The second-order valence-electron chi connectivity index (χ2n) is 5.61. The van der Waals surface area contributed by atoms with Crippen molar-refractivity contribution in [2.24, 2.45) is 5.41 Å². The molecule has 112 valence electrons. The molecule has 0 amide bonds. The Bertz CT molecular complexity index is 494. The van der Waals surface area contributed by atoms with Gasteiger partial charge in [0.15, 0.2) is 0 Å². The third-order valence-corrected chi connectivity index (χ3v) is 5.30. The Balaban J connectivity index is 2.08. The Morgan fingerprint density at radius 3 is 2.80 bits per heavy atom. The van der Waals surface area contributed by atoms with Crippen LogP contribution < -0.4 is 10.5 Å². The Hall–Kier alpha value is -0.880. The molecule has 1 saturated carbocycles. The summed E-state index contributed by atoms with van der Waals surface area (Å²) in [5.41, 5.74) is 1.03. The van der Waals surface area contributed by atoms with Crippen LogP contribution in [0, 0.1) is 5.41 Å². The second-order valence-corrected chi connectivity index (χ2v) is 6.17. The van der Waals surface area contributed by atoms with E-state index >= 15 is 0 Å². The van der Waals surface area contributed by atoms with Crippen LogP contribution in [0.25, 0.3) is 0 Å². The number of hydrogen-bond donors (Lipinski definition) is 0. The number of methoxy groups -OCH3 is 1. The van der Waals surface area contributed by atoms with Gasteiger partial charge in [0.1, 0.15) is 0 Å². The molecule has 0 radical (unpaired) electrons. The zero-order chi connectivity index (χ0) is 14.6. The van der Waals surface area contributed by atoms with Gasteiger partial charge in [-0.2, -0.15) is 5.10 Å². The van der Waals surface area contributed by atoms with Crippen molar-refractivity contribution >= 4 is 21.6 Å². The highest BCUT2D eigenvalue weighted by atomic mass is 79.9. The van der Waals surface area contributed by atoms with Crippen LogP contribution in [0.2, 0.25) is 0 Å². The average molecular weight is 344 g/mol. The maximum absolute atomic E-state index is 12.2. The molecule has 0 atom stereocenters. The van der Waals surface area contributed by atoms with E-state index in [4.69, 9.17) is 4.74 Å². The normalized spacial score (nSPS) is 16.8. The number of nitrogens with zero attached hydrogens (tertiary/aromatic N) is 3. The molecule has 20 heavy (non-hydrogen) atoms. The van der Waals surface area contributed by atoms with E-state index in [0.717, 1.165) is 17.6 Å². The van der Waals surface area contributed by atoms with Crippen molar-refractivity contribution in [3.8, 4) is 0 Å². The minimum Gasteiger partial charge on any atom is -0.383 e. The molecule has 1 heterocycles. The molecule has 1 aliphatic rings. The number of rotatable bonds is 7. The topological polar surface area (TPSA) is 47.4 Å². The minimum atomic E-state index is -0.0287. The Morgan fingerprint density at radius 2 is 2.30 bits per heavy atom. The number of likely N-dealkylation sites (N-methyl/N-ethyl adjacent to an activating group) is 1. The van der Waals surface area contributed by atoms with Crippen LogP contribution in [-0.2, 0) is 11.3 Å². The average Bonchev–Trinajstić information content (AvgIpc) is 2.41.